The van der Waals surface area contributed by atoms with E-state index < -0.39 is 6.10 Å². The first-order valence-electron chi connectivity index (χ1n) is 4.02. The van der Waals surface area contributed by atoms with Crippen LogP contribution in [0.25, 0.3) is 5.52 Å². The molecule has 0 aliphatic rings. The molecular formula is C9H10N2O2. The van der Waals surface area contributed by atoms with E-state index in [9.17, 15) is 10.2 Å². The van der Waals surface area contributed by atoms with Gasteiger partial charge in [-0.25, -0.2) is 4.98 Å². The zero-order chi connectivity index (χ0) is 9.42. The fraction of sp³-hybridized carbons (Fsp3) is 0.222. The summed E-state index contributed by atoms with van der Waals surface area (Å²) in [6, 6.07) is 3.33. The summed E-state index contributed by atoms with van der Waals surface area (Å²) < 4.78 is 1.67. The van der Waals surface area contributed by atoms with Gasteiger partial charge in [-0.3, -0.25) is 4.40 Å². The normalized spacial score (nSPS) is 13.4. The van der Waals surface area contributed by atoms with E-state index in [1.165, 1.54) is 6.20 Å². The lowest BCUT2D eigenvalue weighted by atomic mass is 10.3. The Balaban J connectivity index is 2.71. The van der Waals surface area contributed by atoms with E-state index in [0.717, 1.165) is 5.52 Å². The number of aromatic hydroxyl groups is 1. The Bertz CT molecular complexity index is 434. The molecule has 2 N–H and O–H groups in total. The van der Waals surface area contributed by atoms with E-state index in [1.54, 1.807) is 29.7 Å². The number of hydrogen-bond donors (Lipinski definition) is 2. The van der Waals surface area contributed by atoms with Crippen LogP contribution in [0.5, 0.6) is 5.75 Å². The average Bonchev–Trinajstić information content (AvgIpc) is 2.46. The number of nitrogens with zero attached hydrogens (tertiary/aromatic N) is 2. The van der Waals surface area contributed by atoms with Crippen LogP contribution in [0.2, 0.25) is 0 Å². The summed E-state index contributed by atoms with van der Waals surface area (Å²) in [5.41, 5.74) is 0.855. The van der Waals surface area contributed by atoms with Gasteiger partial charge < -0.3 is 10.2 Å². The highest BCUT2D eigenvalue weighted by Crippen LogP contribution is 2.17. The van der Waals surface area contributed by atoms with Crippen molar-refractivity contribution in [2.75, 3.05) is 0 Å². The second kappa shape index (κ2) is 2.74. The van der Waals surface area contributed by atoms with Crippen LogP contribution >= 0.6 is 0 Å². The van der Waals surface area contributed by atoms with Gasteiger partial charge in [-0.05, 0) is 19.1 Å². The summed E-state index contributed by atoms with van der Waals surface area (Å²) >= 11 is 0. The van der Waals surface area contributed by atoms with Crippen LogP contribution < -0.4 is 0 Å². The van der Waals surface area contributed by atoms with Gasteiger partial charge in [0.2, 0.25) is 0 Å². The second-order valence-corrected chi connectivity index (χ2v) is 2.97. The van der Waals surface area contributed by atoms with Gasteiger partial charge in [0.1, 0.15) is 17.7 Å². The highest BCUT2D eigenvalue weighted by Gasteiger charge is 2.08. The standard InChI is InChI=1S/C9H10N2O2/c1-6(12)9-10-4-7-2-3-8(13)5-11(7)9/h2-6,12-13H,1H3. The van der Waals surface area contributed by atoms with Gasteiger partial charge in [0.15, 0.2) is 0 Å². The van der Waals surface area contributed by atoms with E-state index in [-0.39, 0.29) is 5.75 Å². The Hall–Kier alpha value is -1.55. The van der Waals surface area contributed by atoms with Crippen molar-refractivity contribution in [1.82, 2.24) is 9.38 Å². The van der Waals surface area contributed by atoms with Crippen molar-refractivity contribution in [2.45, 2.75) is 13.0 Å². The molecule has 0 radical (unpaired) electrons. The third kappa shape index (κ3) is 1.25. The number of aliphatic hydroxyl groups excluding tert-OH is 1. The second-order valence-electron chi connectivity index (χ2n) is 2.97. The van der Waals surface area contributed by atoms with Crippen molar-refractivity contribution in [1.29, 1.82) is 0 Å². The fourth-order valence-corrected chi connectivity index (χ4v) is 1.31. The summed E-state index contributed by atoms with van der Waals surface area (Å²) in [5.74, 6) is 0.693. The molecule has 4 heteroatoms. The molecule has 0 aromatic carbocycles. The van der Waals surface area contributed by atoms with Crippen LogP contribution in [0.3, 0.4) is 0 Å². The molecule has 2 heterocycles. The van der Waals surface area contributed by atoms with Crippen LogP contribution in [-0.2, 0) is 0 Å². The van der Waals surface area contributed by atoms with Crippen LogP contribution in [0, 0.1) is 0 Å². The quantitative estimate of drug-likeness (QED) is 0.687. The van der Waals surface area contributed by atoms with Crippen molar-refractivity contribution in [2.24, 2.45) is 0 Å². The lowest BCUT2D eigenvalue weighted by Gasteiger charge is -2.03. The van der Waals surface area contributed by atoms with Crippen LogP contribution in [-0.4, -0.2) is 19.6 Å². The SMILES string of the molecule is CC(O)c1ncc2ccc(O)cn12. The first-order chi connectivity index (χ1) is 6.18. The van der Waals surface area contributed by atoms with Gasteiger partial charge in [-0.2, -0.15) is 0 Å². The zero-order valence-electron chi connectivity index (χ0n) is 7.18. The molecule has 0 fully saturated rings. The monoisotopic (exact) mass is 178 g/mol. The lowest BCUT2D eigenvalue weighted by molar-refractivity contribution is 0.188. The number of imidazole rings is 1. The molecule has 0 aliphatic carbocycles. The Morgan fingerprint density at radius 1 is 1.46 bits per heavy atom. The average molecular weight is 178 g/mol. The molecule has 2 rings (SSSR count). The summed E-state index contributed by atoms with van der Waals surface area (Å²) in [7, 11) is 0. The van der Waals surface area contributed by atoms with Gasteiger partial charge in [0, 0.05) is 0 Å². The van der Waals surface area contributed by atoms with E-state index in [1.807, 2.05) is 0 Å². The minimum absolute atomic E-state index is 0.160. The minimum atomic E-state index is -0.635. The van der Waals surface area contributed by atoms with E-state index in [2.05, 4.69) is 4.98 Å². The van der Waals surface area contributed by atoms with E-state index in [0.29, 0.717) is 5.82 Å². The van der Waals surface area contributed by atoms with Crippen molar-refractivity contribution >= 4 is 5.52 Å². The van der Waals surface area contributed by atoms with Crippen LogP contribution in [0.4, 0.5) is 0 Å². The maximum Gasteiger partial charge on any atom is 0.142 e. The zero-order valence-corrected chi connectivity index (χ0v) is 7.18. The lowest BCUT2D eigenvalue weighted by Crippen LogP contribution is -1.98. The van der Waals surface area contributed by atoms with E-state index in [4.69, 9.17) is 0 Å². The summed E-state index contributed by atoms with van der Waals surface area (Å²) in [6.45, 7) is 1.64. The number of rotatable bonds is 1. The molecule has 0 saturated carbocycles. The number of fused-ring (bicyclic) bond motifs is 1. The van der Waals surface area contributed by atoms with Gasteiger partial charge in [-0.15, -0.1) is 0 Å². The fourth-order valence-electron chi connectivity index (χ4n) is 1.31. The number of pyridine rings is 1. The first-order valence-corrected chi connectivity index (χ1v) is 4.02. The molecule has 4 nitrogen and oxygen atoms in total. The molecule has 13 heavy (non-hydrogen) atoms. The Labute approximate surface area is 75.1 Å². The highest BCUT2D eigenvalue weighted by atomic mass is 16.3. The Morgan fingerprint density at radius 2 is 2.23 bits per heavy atom. The molecule has 1 unspecified atom stereocenters. The molecule has 0 bridgehead atoms. The molecule has 0 spiro atoms. The number of aliphatic hydroxyl groups is 1. The molecule has 0 saturated heterocycles. The van der Waals surface area contributed by atoms with Gasteiger partial charge in [0.05, 0.1) is 17.9 Å². The Kier molecular flexibility index (Phi) is 1.70. The van der Waals surface area contributed by atoms with Crippen molar-refractivity contribution in [3.63, 3.8) is 0 Å². The molecule has 0 amide bonds. The molecule has 68 valence electrons. The van der Waals surface area contributed by atoms with Crippen molar-refractivity contribution in [3.8, 4) is 5.75 Å². The van der Waals surface area contributed by atoms with Gasteiger partial charge in [0.25, 0.3) is 0 Å². The topological polar surface area (TPSA) is 57.8 Å². The first kappa shape index (κ1) is 8.07. The van der Waals surface area contributed by atoms with Crippen LogP contribution in [0.1, 0.15) is 18.9 Å². The molecule has 2 aromatic heterocycles. The van der Waals surface area contributed by atoms with Crippen molar-refractivity contribution < 1.29 is 10.2 Å². The minimum Gasteiger partial charge on any atom is -0.506 e. The molecule has 0 aliphatic heterocycles. The highest BCUT2D eigenvalue weighted by molar-refractivity contribution is 5.48. The maximum absolute atomic E-state index is 9.34. The van der Waals surface area contributed by atoms with Gasteiger partial charge >= 0.3 is 0 Å². The Morgan fingerprint density at radius 3 is 2.92 bits per heavy atom. The van der Waals surface area contributed by atoms with Crippen molar-refractivity contribution in [3.05, 3.63) is 30.4 Å². The number of aromatic nitrogens is 2. The molecule has 2 aromatic rings. The predicted molar refractivity (Wildman–Crippen MR) is 47.5 cm³/mol. The summed E-state index contributed by atoms with van der Waals surface area (Å²) in [5, 5.41) is 18.6. The largest absolute Gasteiger partial charge is 0.506 e. The summed E-state index contributed by atoms with van der Waals surface area (Å²) in [4.78, 5) is 4.04. The summed E-state index contributed by atoms with van der Waals surface area (Å²) in [6.07, 6.45) is 2.55. The predicted octanol–water partition coefficient (Wildman–Crippen LogP) is 1.09. The van der Waals surface area contributed by atoms with Crippen LogP contribution in [0.15, 0.2) is 24.5 Å². The third-order valence-electron chi connectivity index (χ3n) is 1.91. The third-order valence-corrected chi connectivity index (χ3v) is 1.91. The maximum atomic E-state index is 9.34. The molecular weight excluding hydrogens is 168 g/mol. The number of hydrogen-bond acceptors (Lipinski definition) is 3. The van der Waals surface area contributed by atoms with Gasteiger partial charge in [-0.1, -0.05) is 0 Å². The molecule has 1 atom stereocenters. The smallest absolute Gasteiger partial charge is 0.142 e. The van der Waals surface area contributed by atoms with E-state index >= 15 is 0 Å².